The average molecular weight is 375 g/mol. The van der Waals surface area contributed by atoms with Crippen LogP contribution in [0.3, 0.4) is 0 Å². The number of rotatable bonds is 6. The molecule has 130 valence electrons. The molecule has 0 bridgehead atoms. The average Bonchev–Trinajstić information content (AvgIpc) is 3.02. The Morgan fingerprint density at radius 3 is 2.36 bits per heavy atom. The van der Waals surface area contributed by atoms with Gasteiger partial charge in [0.2, 0.25) is 15.9 Å². The number of aromatic nitrogens is 2. The molecule has 1 aromatic heterocycles. The van der Waals surface area contributed by atoms with Crippen LogP contribution >= 0.6 is 11.8 Å². The van der Waals surface area contributed by atoms with Crippen molar-refractivity contribution in [2.75, 3.05) is 11.0 Å². The highest BCUT2D eigenvalue weighted by atomic mass is 32.2. The number of hydrogen-bond donors (Lipinski definition) is 1. The van der Waals surface area contributed by atoms with E-state index in [1.54, 1.807) is 24.3 Å². The summed E-state index contributed by atoms with van der Waals surface area (Å²) in [6, 6.07) is 15.1. The van der Waals surface area contributed by atoms with Gasteiger partial charge in [0.05, 0.1) is 6.26 Å². The lowest BCUT2D eigenvalue weighted by atomic mass is 10.2. The van der Waals surface area contributed by atoms with Gasteiger partial charge in [0, 0.05) is 17.0 Å². The highest BCUT2D eigenvalue weighted by Crippen LogP contribution is 2.26. The Morgan fingerprint density at radius 2 is 1.72 bits per heavy atom. The number of anilines is 1. The van der Waals surface area contributed by atoms with Crippen LogP contribution in [0.4, 0.5) is 5.69 Å². The molecule has 0 radical (unpaired) electrons. The molecule has 0 saturated heterocycles. The molecule has 2 aromatic carbocycles. The first-order chi connectivity index (χ1) is 11.9. The summed E-state index contributed by atoms with van der Waals surface area (Å²) in [6.07, 6.45) is 1.11. The number of sulfonamides is 1. The summed E-state index contributed by atoms with van der Waals surface area (Å²) in [7, 11) is -3.29. The third-order valence-corrected chi connectivity index (χ3v) is 4.82. The monoisotopic (exact) mass is 375 g/mol. The summed E-state index contributed by atoms with van der Waals surface area (Å²) in [5.41, 5.74) is 3.63. The SMILES string of the molecule is Cc1ccc(CSc2nnc(-c3ccc(NS(C)(=O)=O)cc3)o2)cc1. The number of benzene rings is 2. The number of thioether (sulfide) groups is 1. The molecule has 0 atom stereocenters. The lowest BCUT2D eigenvalue weighted by Crippen LogP contribution is -2.09. The third-order valence-electron chi connectivity index (χ3n) is 3.32. The highest BCUT2D eigenvalue weighted by molar-refractivity contribution is 7.98. The number of hydrogen-bond acceptors (Lipinski definition) is 6. The molecule has 3 rings (SSSR count). The van der Waals surface area contributed by atoms with Crippen molar-refractivity contribution in [3.05, 3.63) is 59.7 Å². The van der Waals surface area contributed by atoms with Gasteiger partial charge in [-0.2, -0.15) is 0 Å². The van der Waals surface area contributed by atoms with Crippen molar-refractivity contribution in [3.8, 4) is 11.5 Å². The smallest absolute Gasteiger partial charge is 0.277 e. The summed E-state index contributed by atoms with van der Waals surface area (Å²) >= 11 is 1.47. The number of nitrogens with one attached hydrogen (secondary N) is 1. The van der Waals surface area contributed by atoms with Crippen molar-refractivity contribution < 1.29 is 12.8 Å². The Kier molecular flexibility index (Phi) is 5.10. The lowest BCUT2D eigenvalue weighted by molar-refractivity contribution is 0.466. The predicted molar refractivity (Wildman–Crippen MR) is 98.9 cm³/mol. The Balaban J connectivity index is 1.65. The fourth-order valence-electron chi connectivity index (χ4n) is 2.11. The Bertz CT molecular complexity index is 950. The molecule has 1 heterocycles. The van der Waals surface area contributed by atoms with Crippen LogP contribution < -0.4 is 4.72 Å². The molecule has 0 aliphatic heterocycles. The number of aryl methyl sites for hydroxylation is 1. The van der Waals surface area contributed by atoms with Gasteiger partial charge in [0.1, 0.15) is 0 Å². The molecule has 0 fully saturated rings. The van der Waals surface area contributed by atoms with Crippen LogP contribution in [0.2, 0.25) is 0 Å². The molecule has 0 saturated carbocycles. The second-order valence-electron chi connectivity index (χ2n) is 5.60. The maximum Gasteiger partial charge on any atom is 0.277 e. The minimum absolute atomic E-state index is 0.400. The summed E-state index contributed by atoms with van der Waals surface area (Å²) < 4.78 is 30.5. The van der Waals surface area contributed by atoms with E-state index in [-0.39, 0.29) is 0 Å². The van der Waals surface area contributed by atoms with Crippen molar-refractivity contribution in [1.29, 1.82) is 0 Å². The van der Waals surface area contributed by atoms with Gasteiger partial charge in [-0.1, -0.05) is 41.6 Å². The maximum absolute atomic E-state index is 11.2. The van der Waals surface area contributed by atoms with Crippen molar-refractivity contribution in [2.24, 2.45) is 0 Å². The highest BCUT2D eigenvalue weighted by Gasteiger charge is 2.10. The number of nitrogens with zero attached hydrogens (tertiary/aromatic N) is 2. The van der Waals surface area contributed by atoms with Crippen LogP contribution in [0, 0.1) is 6.92 Å². The fourth-order valence-corrected chi connectivity index (χ4v) is 3.39. The quantitative estimate of drug-likeness (QED) is 0.661. The van der Waals surface area contributed by atoms with Crippen molar-refractivity contribution in [3.63, 3.8) is 0 Å². The molecule has 0 spiro atoms. The first-order valence-electron chi connectivity index (χ1n) is 7.49. The van der Waals surface area contributed by atoms with E-state index in [2.05, 4.69) is 46.1 Å². The van der Waals surface area contributed by atoms with Crippen LogP contribution in [0.1, 0.15) is 11.1 Å². The van der Waals surface area contributed by atoms with E-state index >= 15 is 0 Å². The van der Waals surface area contributed by atoms with Gasteiger partial charge in [-0.3, -0.25) is 4.72 Å². The molecule has 0 unspecified atom stereocenters. The topological polar surface area (TPSA) is 85.1 Å². The Hall–Kier alpha value is -2.32. The molecule has 0 aliphatic rings. The van der Waals surface area contributed by atoms with Gasteiger partial charge in [-0.15, -0.1) is 10.2 Å². The van der Waals surface area contributed by atoms with Crippen LogP contribution in [0.15, 0.2) is 58.2 Å². The molecule has 8 heteroatoms. The molecule has 0 amide bonds. The summed E-state index contributed by atoms with van der Waals surface area (Å²) in [5.74, 6) is 1.15. The van der Waals surface area contributed by atoms with Crippen molar-refractivity contribution in [2.45, 2.75) is 17.9 Å². The van der Waals surface area contributed by atoms with Gasteiger partial charge in [-0.25, -0.2) is 8.42 Å². The molecule has 25 heavy (non-hydrogen) atoms. The van der Waals surface area contributed by atoms with Gasteiger partial charge in [0.15, 0.2) is 0 Å². The first kappa shape index (κ1) is 17.5. The minimum atomic E-state index is -3.29. The van der Waals surface area contributed by atoms with E-state index in [0.29, 0.717) is 16.8 Å². The van der Waals surface area contributed by atoms with Gasteiger partial charge >= 0.3 is 0 Å². The molecular formula is C17H17N3O3S2. The summed E-state index contributed by atoms with van der Waals surface area (Å²) in [6.45, 7) is 2.05. The van der Waals surface area contributed by atoms with Crippen LogP contribution in [-0.4, -0.2) is 24.9 Å². The van der Waals surface area contributed by atoms with E-state index in [1.165, 1.54) is 22.9 Å². The zero-order valence-corrected chi connectivity index (χ0v) is 15.4. The predicted octanol–water partition coefficient (Wildman–Crippen LogP) is 3.71. The van der Waals surface area contributed by atoms with E-state index in [9.17, 15) is 8.42 Å². The van der Waals surface area contributed by atoms with E-state index in [1.807, 2.05) is 0 Å². The summed E-state index contributed by atoms with van der Waals surface area (Å²) in [4.78, 5) is 0. The fraction of sp³-hybridized carbons (Fsp3) is 0.176. The van der Waals surface area contributed by atoms with Crippen LogP contribution in [0.5, 0.6) is 0 Å². The van der Waals surface area contributed by atoms with Crippen LogP contribution in [-0.2, 0) is 15.8 Å². The van der Waals surface area contributed by atoms with E-state index in [0.717, 1.165) is 17.6 Å². The summed E-state index contributed by atoms with van der Waals surface area (Å²) in [5, 5.41) is 8.58. The normalized spacial score (nSPS) is 11.4. The van der Waals surface area contributed by atoms with Crippen molar-refractivity contribution in [1.82, 2.24) is 10.2 Å². The van der Waals surface area contributed by atoms with Gasteiger partial charge in [-0.05, 0) is 36.8 Å². The molecular weight excluding hydrogens is 358 g/mol. The standard InChI is InChI=1S/C17H17N3O3S2/c1-12-3-5-13(6-4-12)11-24-17-19-18-16(23-17)14-7-9-15(10-8-14)20-25(2,21)22/h3-10,20H,11H2,1-2H3. The Morgan fingerprint density at radius 1 is 1.04 bits per heavy atom. The molecule has 0 aliphatic carbocycles. The molecule has 1 N–H and O–H groups in total. The van der Waals surface area contributed by atoms with Crippen LogP contribution in [0.25, 0.3) is 11.5 Å². The second kappa shape index (κ2) is 7.28. The second-order valence-corrected chi connectivity index (χ2v) is 8.27. The van der Waals surface area contributed by atoms with E-state index in [4.69, 9.17) is 4.42 Å². The molecule has 3 aromatic rings. The molecule has 6 nitrogen and oxygen atoms in total. The minimum Gasteiger partial charge on any atom is -0.411 e. The lowest BCUT2D eigenvalue weighted by Gasteiger charge is -2.03. The van der Waals surface area contributed by atoms with Gasteiger partial charge in [0.25, 0.3) is 5.22 Å². The largest absolute Gasteiger partial charge is 0.411 e. The third kappa shape index (κ3) is 5.07. The Labute approximate surface area is 150 Å². The van der Waals surface area contributed by atoms with E-state index < -0.39 is 10.0 Å². The van der Waals surface area contributed by atoms with Gasteiger partial charge < -0.3 is 4.42 Å². The zero-order chi connectivity index (χ0) is 17.9. The van der Waals surface area contributed by atoms with Crippen molar-refractivity contribution >= 4 is 27.5 Å². The maximum atomic E-state index is 11.2. The zero-order valence-electron chi connectivity index (χ0n) is 13.8. The first-order valence-corrected chi connectivity index (χ1v) is 10.4.